The Hall–Kier alpha value is -1.71. The summed E-state index contributed by atoms with van der Waals surface area (Å²) in [5, 5.41) is 9.69. The van der Waals surface area contributed by atoms with Gasteiger partial charge in [-0.3, -0.25) is 0 Å². The minimum Gasteiger partial charge on any atom is -0.507 e. The van der Waals surface area contributed by atoms with Crippen molar-refractivity contribution in [1.82, 2.24) is 0 Å². The van der Waals surface area contributed by atoms with Gasteiger partial charge in [-0.2, -0.15) is 0 Å². The van der Waals surface area contributed by atoms with Gasteiger partial charge in [-0.1, -0.05) is 6.07 Å². The smallest absolute Gasteiger partial charge is 0.345 e. The normalized spacial score (nSPS) is 15.8. The van der Waals surface area contributed by atoms with Crippen LogP contribution in [0.5, 0.6) is 11.5 Å². The highest BCUT2D eigenvalue weighted by Gasteiger charge is 2.22. The number of hydrogen-bond acceptors (Lipinski definition) is 4. The molecule has 0 aromatic heterocycles. The molecular formula is C13H16O4. The van der Waals surface area contributed by atoms with Gasteiger partial charge < -0.3 is 14.6 Å². The molecule has 92 valence electrons. The minimum atomic E-state index is -0.573. The van der Waals surface area contributed by atoms with Crippen LogP contribution in [0.2, 0.25) is 0 Å². The van der Waals surface area contributed by atoms with E-state index in [1.807, 2.05) is 0 Å². The Bertz CT molecular complexity index is 408. The van der Waals surface area contributed by atoms with Crippen molar-refractivity contribution in [2.45, 2.75) is 31.8 Å². The summed E-state index contributed by atoms with van der Waals surface area (Å²) in [5.41, 5.74) is 0.113. The zero-order valence-corrected chi connectivity index (χ0v) is 9.81. The van der Waals surface area contributed by atoms with Crippen LogP contribution in [0.3, 0.4) is 0 Å². The van der Waals surface area contributed by atoms with Crippen LogP contribution in [-0.2, 0) is 4.74 Å². The Kier molecular flexibility index (Phi) is 3.52. The second-order valence-corrected chi connectivity index (χ2v) is 4.17. The molecule has 1 fully saturated rings. The zero-order chi connectivity index (χ0) is 12.3. The third-order valence-corrected chi connectivity index (χ3v) is 2.99. The van der Waals surface area contributed by atoms with E-state index in [0.717, 1.165) is 25.7 Å². The van der Waals surface area contributed by atoms with Gasteiger partial charge in [-0.05, 0) is 37.8 Å². The van der Waals surface area contributed by atoms with Crippen LogP contribution in [0.25, 0.3) is 0 Å². The van der Waals surface area contributed by atoms with Crippen molar-refractivity contribution in [3.63, 3.8) is 0 Å². The number of carbonyl (C=O) groups excluding carboxylic acids is 1. The number of aromatic hydroxyl groups is 1. The van der Waals surface area contributed by atoms with Gasteiger partial charge in [-0.25, -0.2) is 4.79 Å². The number of phenolic OH excluding ortho intramolecular Hbond substituents is 1. The second-order valence-electron chi connectivity index (χ2n) is 4.17. The predicted molar refractivity (Wildman–Crippen MR) is 62.3 cm³/mol. The summed E-state index contributed by atoms with van der Waals surface area (Å²) in [4.78, 5) is 11.6. The summed E-state index contributed by atoms with van der Waals surface area (Å²) in [6.07, 6.45) is 4.43. The molecule has 4 heteroatoms. The molecule has 0 saturated heterocycles. The van der Waals surface area contributed by atoms with Crippen molar-refractivity contribution in [2.75, 3.05) is 7.11 Å². The van der Waals surface area contributed by atoms with E-state index in [1.165, 1.54) is 13.2 Å². The number of esters is 1. The first kappa shape index (κ1) is 11.8. The van der Waals surface area contributed by atoms with Crippen LogP contribution < -0.4 is 4.74 Å². The average molecular weight is 236 g/mol. The average Bonchev–Trinajstić information content (AvgIpc) is 2.81. The molecule has 0 bridgehead atoms. The van der Waals surface area contributed by atoms with E-state index in [0.29, 0.717) is 5.75 Å². The Labute approximate surface area is 100 Å². The highest BCUT2D eigenvalue weighted by atomic mass is 16.5. The summed E-state index contributed by atoms with van der Waals surface area (Å²) in [7, 11) is 1.29. The van der Waals surface area contributed by atoms with E-state index in [1.54, 1.807) is 12.1 Å². The van der Waals surface area contributed by atoms with Gasteiger partial charge in [0.15, 0.2) is 0 Å². The highest BCUT2D eigenvalue weighted by Crippen LogP contribution is 2.31. The Balaban J connectivity index is 2.25. The molecule has 1 saturated carbocycles. The van der Waals surface area contributed by atoms with Crippen LogP contribution in [0.1, 0.15) is 36.0 Å². The van der Waals surface area contributed by atoms with Crippen molar-refractivity contribution in [2.24, 2.45) is 0 Å². The Morgan fingerprint density at radius 1 is 1.35 bits per heavy atom. The maximum absolute atomic E-state index is 11.6. The summed E-state index contributed by atoms with van der Waals surface area (Å²) < 4.78 is 10.4. The van der Waals surface area contributed by atoms with Crippen molar-refractivity contribution >= 4 is 5.97 Å². The van der Waals surface area contributed by atoms with E-state index < -0.39 is 5.97 Å². The topological polar surface area (TPSA) is 55.8 Å². The molecule has 1 aliphatic carbocycles. The first-order chi connectivity index (χ1) is 8.22. The molecule has 1 aliphatic rings. The summed E-state index contributed by atoms with van der Waals surface area (Å²) >= 11 is 0. The number of hydrogen-bond donors (Lipinski definition) is 1. The second kappa shape index (κ2) is 5.08. The maximum Gasteiger partial charge on any atom is 0.345 e. The molecule has 4 nitrogen and oxygen atoms in total. The molecule has 0 atom stereocenters. The van der Waals surface area contributed by atoms with E-state index in [4.69, 9.17) is 4.74 Å². The predicted octanol–water partition coefficient (Wildman–Crippen LogP) is 2.50. The lowest BCUT2D eigenvalue weighted by atomic mass is 10.1. The van der Waals surface area contributed by atoms with Crippen LogP contribution >= 0.6 is 0 Å². The molecule has 0 aliphatic heterocycles. The van der Waals surface area contributed by atoms with Gasteiger partial charge in [0.25, 0.3) is 0 Å². The van der Waals surface area contributed by atoms with Crippen molar-refractivity contribution < 1.29 is 19.4 Å². The standard InChI is InChI=1S/C13H16O4/c1-16-13(15)12-10(14)7-4-8-11(12)17-9-5-2-3-6-9/h4,7-9,14H,2-3,5-6H2,1H3. The lowest BCUT2D eigenvalue weighted by Gasteiger charge is -2.16. The molecule has 1 aromatic carbocycles. The minimum absolute atomic E-state index is 0.104. The maximum atomic E-state index is 11.6. The number of phenols is 1. The van der Waals surface area contributed by atoms with E-state index in [-0.39, 0.29) is 17.4 Å². The van der Waals surface area contributed by atoms with Gasteiger partial charge in [0.05, 0.1) is 13.2 Å². The van der Waals surface area contributed by atoms with E-state index in [9.17, 15) is 9.90 Å². The number of carbonyl (C=O) groups is 1. The summed E-state index contributed by atoms with van der Waals surface area (Å²) in [5.74, 6) is -0.271. The SMILES string of the molecule is COC(=O)c1c(O)cccc1OC1CCCC1. The van der Waals surface area contributed by atoms with Gasteiger partial charge in [-0.15, -0.1) is 0 Å². The quantitative estimate of drug-likeness (QED) is 0.819. The van der Waals surface area contributed by atoms with Crippen molar-refractivity contribution in [1.29, 1.82) is 0 Å². The Morgan fingerprint density at radius 3 is 2.71 bits per heavy atom. The molecule has 0 heterocycles. The number of ether oxygens (including phenoxy) is 2. The molecule has 0 radical (unpaired) electrons. The third-order valence-electron chi connectivity index (χ3n) is 2.99. The number of methoxy groups -OCH3 is 1. The highest BCUT2D eigenvalue weighted by molar-refractivity contribution is 5.95. The lowest BCUT2D eigenvalue weighted by Crippen LogP contribution is -2.14. The molecular weight excluding hydrogens is 220 g/mol. The van der Waals surface area contributed by atoms with E-state index >= 15 is 0 Å². The van der Waals surface area contributed by atoms with Gasteiger partial charge in [0, 0.05) is 0 Å². The molecule has 1 aromatic rings. The molecule has 2 rings (SSSR count). The van der Waals surface area contributed by atoms with Crippen LogP contribution in [0, 0.1) is 0 Å². The molecule has 17 heavy (non-hydrogen) atoms. The summed E-state index contributed by atoms with van der Waals surface area (Å²) in [6, 6.07) is 4.80. The number of benzene rings is 1. The molecule has 0 spiro atoms. The van der Waals surface area contributed by atoms with E-state index in [2.05, 4.69) is 4.74 Å². The Morgan fingerprint density at radius 2 is 2.06 bits per heavy atom. The monoisotopic (exact) mass is 236 g/mol. The van der Waals surface area contributed by atoms with Gasteiger partial charge in [0.1, 0.15) is 17.1 Å². The number of rotatable bonds is 3. The first-order valence-electron chi connectivity index (χ1n) is 5.79. The fourth-order valence-corrected chi connectivity index (χ4v) is 2.11. The largest absolute Gasteiger partial charge is 0.507 e. The summed E-state index contributed by atoms with van der Waals surface area (Å²) in [6.45, 7) is 0. The molecule has 0 unspecified atom stereocenters. The van der Waals surface area contributed by atoms with Crippen LogP contribution in [0.15, 0.2) is 18.2 Å². The third kappa shape index (κ3) is 2.52. The fraction of sp³-hybridized carbons (Fsp3) is 0.462. The van der Waals surface area contributed by atoms with Crippen LogP contribution in [0.4, 0.5) is 0 Å². The van der Waals surface area contributed by atoms with Crippen molar-refractivity contribution in [3.05, 3.63) is 23.8 Å². The molecule has 1 N–H and O–H groups in total. The molecule has 0 amide bonds. The van der Waals surface area contributed by atoms with Gasteiger partial charge >= 0.3 is 5.97 Å². The van der Waals surface area contributed by atoms with Gasteiger partial charge in [0.2, 0.25) is 0 Å². The van der Waals surface area contributed by atoms with Crippen molar-refractivity contribution in [3.8, 4) is 11.5 Å². The van der Waals surface area contributed by atoms with Crippen LogP contribution in [-0.4, -0.2) is 24.3 Å². The lowest BCUT2D eigenvalue weighted by molar-refractivity contribution is 0.0589. The zero-order valence-electron chi connectivity index (χ0n) is 9.81. The fourth-order valence-electron chi connectivity index (χ4n) is 2.11. The first-order valence-corrected chi connectivity index (χ1v) is 5.79.